The second-order valence-electron chi connectivity index (χ2n) is 5.23. The second-order valence-corrected chi connectivity index (χ2v) is 6.04. The number of carboxylic acid groups (broad SMARTS) is 1. The first-order valence-corrected chi connectivity index (χ1v) is 7.68. The highest BCUT2D eigenvalue weighted by Crippen LogP contribution is 2.27. The minimum absolute atomic E-state index is 0.0833. The number of pyridine rings is 1. The number of aromatic nitrogens is 3. The van der Waals surface area contributed by atoms with E-state index in [1.54, 1.807) is 35.1 Å². The van der Waals surface area contributed by atoms with Crippen molar-refractivity contribution < 1.29 is 9.90 Å². The van der Waals surface area contributed by atoms with Gasteiger partial charge in [0, 0.05) is 21.8 Å². The van der Waals surface area contributed by atoms with Crippen molar-refractivity contribution in [2.45, 2.75) is 19.9 Å². The summed E-state index contributed by atoms with van der Waals surface area (Å²) in [5.41, 5.74) is 3.66. The largest absolute Gasteiger partial charge is 0.481 e. The number of rotatable bonds is 4. The SMILES string of the molecule is Cc1nn(Cc2c(Cl)cccc2Cl)c2cc(CC(=O)O)cnc12. The molecule has 0 aliphatic heterocycles. The van der Waals surface area contributed by atoms with Crippen molar-refractivity contribution in [2.24, 2.45) is 0 Å². The first-order chi connectivity index (χ1) is 11.0. The van der Waals surface area contributed by atoms with Crippen molar-refractivity contribution in [3.63, 3.8) is 0 Å². The summed E-state index contributed by atoms with van der Waals surface area (Å²) in [6.07, 6.45) is 1.48. The third kappa shape index (κ3) is 3.16. The van der Waals surface area contributed by atoms with E-state index in [9.17, 15) is 4.79 Å². The molecule has 0 unspecified atom stereocenters. The Balaban J connectivity index is 2.08. The number of fused-ring (bicyclic) bond motifs is 1. The maximum Gasteiger partial charge on any atom is 0.307 e. The summed E-state index contributed by atoms with van der Waals surface area (Å²) < 4.78 is 1.75. The fraction of sp³-hybridized carbons (Fsp3) is 0.188. The zero-order valence-corrected chi connectivity index (χ0v) is 13.8. The summed E-state index contributed by atoms with van der Waals surface area (Å²) >= 11 is 12.4. The number of hydrogen-bond acceptors (Lipinski definition) is 3. The van der Waals surface area contributed by atoms with Gasteiger partial charge >= 0.3 is 5.97 Å². The van der Waals surface area contributed by atoms with E-state index in [1.165, 1.54) is 0 Å². The Morgan fingerprint density at radius 1 is 1.30 bits per heavy atom. The van der Waals surface area contributed by atoms with E-state index in [4.69, 9.17) is 28.3 Å². The summed E-state index contributed by atoms with van der Waals surface area (Å²) in [5, 5.41) is 14.5. The van der Waals surface area contributed by atoms with Crippen LogP contribution in [-0.4, -0.2) is 25.8 Å². The second kappa shape index (κ2) is 6.18. The first-order valence-electron chi connectivity index (χ1n) is 6.92. The van der Waals surface area contributed by atoms with Crippen LogP contribution in [0.2, 0.25) is 10.0 Å². The molecule has 0 saturated carbocycles. The fourth-order valence-corrected chi connectivity index (χ4v) is 2.99. The molecular weight excluding hydrogens is 337 g/mol. The number of benzene rings is 1. The molecule has 2 heterocycles. The lowest BCUT2D eigenvalue weighted by molar-refractivity contribution is -0.136. The van der Waals surface area contributed by atoms with E-state index in [1.807, 2.05) is 6.92 Å². The molecule has 0 fully saturated rings. The van der Waals surface area contributed by atoms with E-state index in [-0.39, 0.29) is 6.42 Å². The molecule has 7 heteroatoms. The number of carbonyl (C=O) groups is 1. The van der Waals surface area contributed by atoms with Crippen molar-refractivity contribution in [1.82, 2.24) is 14.8 Å². The van der Waals surface area contributed by atoms with Crippen LogP contribution in [0.4, 0.5) is 0 Å². The monoisotopic (exact) mass is 349 g/mol. The molecule has 3 aromatic rings. The highest BCUT2D eigenvalue weighted by atomic mass is 35.5. The van der Waals surface area contributed by atoms with E-state index < -0.39 is 5.97 Å². The van der Waals surface area contributed by atoms with Crippen LogP contribution in [0.5, 0.6) is 0 Å². The van der Waals surface area contributed by atoms with E-state index in [0.717, 1.165) is 22.3 Å². The summed E-state index contributed by atoms with van der Waals surface area (Å²) in [4.78, 5) is 15.2. The zero-order valence-electron chi connectivity index (χ0n) is 12.3. The van der Waals surface area contributed by atoms with Crippen molar-refractivity contribution in [3.05, 3.63) is 57.3 Å². The quantitative estimate of drug-likeness (QED) is 0.779. The van der Waals surface area contributed by atoms with Crippen molar-refractivity contribution in [2.75, 3.05) is 0 Å². The van der Waals surface area contributed by atoms with Crippen molar-refractivity contribution in [3.8, 4) is 0 Å². The lowest BCUT2D eigenvalue weighted by Gasteiger charge is -2.08. The van der Waals surface area contributed by atoms with Gasteiger partial charge in [-0.2, -0.15) is 5.10 Å². The van der Waals surface area contributed by atoms with E-state index >= 15 is 0 Å². The molecule has 2 aromatic heterocycles. The van der Waals surface area contributed by atoms with Crippen LogP contribution in [0.1, 0.15) is 16.8 Å². The predicted octanol–water partition coefficient (Wildman–Crippen LogP) is 3.72. The minimum Gasteiger partial charge on any atom is -0.481 e. The molecule has 23 heavy (non-hydrogen) atoms. The highest BCUT2D eigenvalue weighted by molar-refractivity contribution is 6.36. The Morgan fingerprint density at radius 3 is 2.65 bits per heavy atom. The standard InChI is InChI=1S/C16H13Cl2N3O2/c1-9-16-14(5-10(7-19-16)6-15(22)23)21(20-9)8-11-12(17)3-2-4-13(11)18/h2-5,7H,6,8H2,1H3,(H,22,23). The molecule has 0 bridgehead atoms. The lowest BCUT2D eigenvalue weighted by Crippen LogP contribution is -2.04. The number of aliphatic carboxylic acids is 1. The molecule has 0 atom stereocenters. The van der Waals surface area contributed by atoms with Crippen LogP contribution < -0.4 is 0 Å². The van der Waals surface area contributed by atoms with Crippen LogP contribution >= 0.6 is 23.2 Å². The number of aryl methyl sites for hydroxylation is 1. The summed E-state index contributed by atoms with van der Waals surface area (Å²) in [6, 6.07) is 7.12. The van der Waals surface area contributed by atoms with Gasteiger partial charge in [0.1, 0.15) is 5.52 Å². The molecular formula is C16H13Cl2N3O2. The van der Waals surface area contributed by atoms with E-state index in [0.29, 0.717) is 22.2 Å². The van der Waals surface area contributed by atoms with Gasteiger partial charge in [0.2, 0.25) is 0 Å². The first kappa shape index (κ1) is 15.8. The van der Waals surface area contributed by atoms with Gasteiger partial charge in [-0.05, 0) is 30.7 Å². The van der Waals surface area contributed by atoms with Crippen LogP contribution in [0.25, 0.3) is 11.0 Å². The Morgan fingerprint density at radius 2 is 2.00 bits per heavy atom. The average molecular weight is 350 g/mol. The van der Waals surface area contributed by atoms with Gasteiger partial charge in [-0.15, -0.1) is 0 Å². The summed E-state index contributed by atoms with van der Waals surface area (Å²) in [5.74, 6) is -0.900. The molecule has 5 nitrogen and oxygen atoms in total. The lowest BCUT2D eigenvalue weighted by atomic mass is 10.2. The Hall–Kier alpha value is -2.11. The van der Waals surface area contributed by atoms with Gasteiger partial charge in [0.05, 0.1) is 24.2 Å². The van der Waals surface area contributed by atoms with Crippen molar-refractivity contribution in [1.29, 1.82) is 0 Å². The molecule has 0 saturated heterocycles. The smallest absolute Gasteiger partial charge is 0.307 e. The summed E-state index contributed by atoms with van der Waals surface area (Å²) in [6.45, 7) is 2.25. The third-order valence-electron chi connectivity index (χ3n) is 3.54. The molecule has 0 amide bonds. The number of halogens is 2. The van der Waals surface area contributed by atoms with Gasteiger partial charge in [0.15, 0.2) is 0 Å². The highest BCUT2D eigenvalue weighted by Gasteiger charge is 2.14. The van der Waals surface area contributed by atoms with Crippen molar-refractivity contribution >= 4 is 40.2 Å². The normalized spacial score (nSPS) is 11.1. The number of carboxylic acids is 1. The maximum atomic E-state index is 10.9. The predicted molar refractivity (Wildman–Crippen MR) is 89.2 cm³/mol. The average Bonchev–Trinajstić information content (AvgIpc) is 2.78. The Labute approximate surface area is 142 Å². The van der Waals surface area contributed by atoms with Gasteiger partial charge < -0.3 is 5.11 Å². The van der Waals surface area contributed by atoms with Crippen LogP contribution in [0, 0.1) is 6.92 Å². The summed E-state index contributed by atoms with van der Waals surface area (Å²) in [7, 11) is 0. The molecule has 0 aliphatic carbocycles. The van der Waals surface area contributed by atoms with Gasteiger partial charge in [-0.3, -0.25) is 14.5 Å². The topological polar surface area (TPSA) is 68.0 Å². The molecule has 1 N–H and O–H groups in total. The fourth-order valence-electron chi connectivity index (χ4n) is 2.48. The van der Waals surface area contributed by atoms with Crippen LogP contribution in [0.15, 0.2) is 30.5 Å². The third-order valence-corrected chi connectivity index (χ3v) is 4.25. The maximum absolute atomic E-state index is 10.9. The van der Waals surface area contributed by atoms with Crippen LogP contribution in [-0.2, 0) is 17.8 Å². The van der Waals surface area contributed by atoms with Gasteiger partial charge in [-0.1, -0.05) is 29.3 Å². The van der Waals surface area contributed by atoms with E-state index in [2.05, 4.69) is 10.1 Å². The molecule has 3 rings (SSSR count). The Bertz CT molecular complexity index is 885. The molecule has 0 aliphatic rings. The van der Waals surface area contributed by atoms with Gasteiger partial charge in [0.25, 0.3) is 0 Å². The zero-order chi connectivity index (χ0) is 16.6. The molecule has 0 spiro atoms. The molecule has 0 radical (unpaired) electrons. The molecule has 118 valence electrons. The van der Waals surface area contributed by atoms with Crippen LogP contribution in [0.3, 0.4) is 0 Å². The number of nitrogens with zero attached hydrogens (tertiary/aromatic N) is 3. The number of hydrogen-bond donors (Lipinski definition) is 1. The van der Waals surface area contributed by atoms with Gasteiger partial charge in [-0.25, -0.2) is 0 Å². The Kier molecular flexibility index (Phi) is 4.24. The molecule has 1 aromatic carbocycles. The minimum atomic E-state index is -0.900.